The van der Waals surface area contributed by atoms with Crippen LogP contribution in [0.3, 0.4) is 0 Å². The first-order chi connectivity index (χ1) is 7.25. The Balaban J connectivity index is 1.64. The summed E-state index contributed by atoms with van der Waals surface area (Å²) in [6, 6.07) is 0.773. The van der Waals surface area contributed by atoms with Crippen LogP contribution >= 0.6 is 11.3 Å². The van der Waals surface area contributed by atoms with Crippen molar-refractivity contribution in [2.75, 3.05) is 13.1 Å². The van der Waals surface area contributed by atoms with Crippen molar-refractivity contribution >= 4 is 11.3 Å². The molecule has 82 valence electrons. The number of hydrogen-bond acceptors (Lipinski definition) is 4. The molecule has 0 spiro atoms. The predicted octanol–water partition coefficient (Wildman–Crippen LogP) is 1.28. The lowest BCUT2D eigenvalue weighted by Crippen LogP contribution is -2.36. The van der Waals surface area contributed by atoms with Gasteiger partial charge >= 0.3 is 0 Å². The minimum absolute atomic E-state index is 0.513. The van der Waals surface area contributed by atoms with E-state index in [1.54, 1.807) is 11.3 Å². The monoisotopic (exact) mass is 224 g/mol. The maximum absolute atomic E-state index is 10.4. The zero-order chi connectivity index (χ0) is 10.3. The Morgan fingerprint density at radius 1 is 1.60 bits per heavy atom. The average Bonchev–Trinajstić information content (AvgIpc) is 2.81. The van der Waals surface area contributed by atoms with E-state index in [9.17, 15) is 5.11 Å². The van der Waals surface area contributed by atoms with Gasteiger partial charge in [-0.3, -0.25) is 4.90 Å². The summed E-state index contributed by atoms with van der Waals surface area (Å²) in [5, 5.41) is 13.5. The summed E-state index contributed by atoms with van der Waals surface area (Å²) in [5.41, 5.74) is -0.513. The number of likely N-dealkylation sites (tertiary alicyclic amines) is 1. The van der Waals surface area contributed by atoms with Crippen LogP contribution in [0.5, 0.6) is 0 Å². The molecule has 3 nitrogen and oxygen atoms in total. The lowest BCUT2D eigenvalue weighted by atomic mass is 10.00. The molecule has 4 heteroatoms. The first kappa shape index (κ1) is 9.75. The van der Waals surface area contributed by atoms with Gasteiger partial charge in [-0.15, -0.1) is 11.3 Å². The van der Waals surface area contributed by atoms with Crippen LogP contribution in [-0.4, -0.2) is 39.7 Å². The highest BCUT2D eigenvalue weighted by Gasteiger charge is 2.42. The fourth-order valence-corrected chi connectivity index (χ4v) is 3.16. The van der Waals surface area contributed by atoms with E-state index in [2.05, 4.69) is 9.88 Å². The molecule has 1 aliphatic heterocycles. The summed E-state index contributed by atoms with van der Waals surface area (Å²) >= 11 is 1.64. The van der Waals surface area contributed by atoms with Gasteiger partial charge in [0.15, 0.2) is 0 Å². The smallest absolute Gasteiger partial charge is 0.0954 e. The van der Waals surface area contributed by atoms with E-state index in [0.29, 0.717) is 0 Å². The number of β-amino-alcohol motifs (C(OH)–C–C–N with tert-alkyl or cyclic N) is 1. The summed E-state index contributed by atoms with van der Waals surface area (Å²) in [6.45, 7) is 1.91. The van der Waals surface area contributed by atoms with Crippen molar-refractivity contribution in [1.82, 2.24) is 9.88 Å². The highest BCUT2D eigenvalue weighted by atomic mass is 32.1. The number of rotatable bonds is 3. The molecular weight excluding hydrogens is 208 g/mol. The normalized spacial score (nSPS) is 32.3. The van der Waals surface area contributed by atoms with Gasteiger partial charge < -0.3 is 5.11 Å². The maximum Gasteiger partial charge on any atom is 0.0954 e. The zero-order valence-corrected chi connectivity index (χ0v) is 9.54. The molecule has 2 fully saturated rings. The van der Waals surface area contributed by atoms with Crippen LogP contribution in [0.4, 0.5) is 0 Å². The van der Waals surface area contributed by atoms with Crippen molar-refractivity contribution in [3.8, 4) is 0 Å². The Bertz CT molecular complexity index is 336. The number of nitrogens with zero attached hydrogens (tertiary/aromatic N) is 2. The molecule has 1 saturated heterocycles. The molecule has 1 aliphatic carbocycles. The van der Waals surface area contributed by atoms with Gasteiger partial charge in [-0.2, -0.15) is 0 Å². The second-order valence-corrected chi connectivity index (χ2v) is 5.76. The van der Waals surface area contributed by atoms with Crippen LogP contribution in [0.1, 0.15) is 24.3 Å². The molecule has 0 amide bonds. The molecule has 0 radical (unpaired) electrons. The van der Waals surface area contributed by atoms with Crippen molar-refractivity contribution in [1.29, 1.82) is 0 Å². The molecule has 1 unspecified atom stereocenters. The van der Waals surface area contributed by atoms with Crippen LogP contribution in [0.2, 0.25) is 0 Å². The number of aliphatic hydroxyl groups is 1. The molecule has 1 aromatic heterocycles. The van der Waals surface area contributed by atoms with Gasteiger partial charge in [0, 0.05) is 37.1 Å². The SMILES string of the molecule is OC1(Cc2nccs2)CCN(C2CC2)C1. The molecule has 1 N–H and O–H groups in total. The Hall–Kier alpha value is -0.450. The first-order valence-electron chi connectivity index (χ1n) is 5.60. The predicted molar refractivity (Wildman–Crippen MR) is 60.0 cm³/mol. The maximum atomic E-state index is 10.4. The topological polar surface area (TPSA) is 36.4 Å². The Labute approximate surface area is 93.8 Å². The van der Waals surface area contributed by atoms with Crippen LogP contribution < -0.4 is 0 Å². The van der Waals surface area contributed by atoms with Crippen molar-refractivity contribution in [3.05, 3.63) is 16.6 Å². The van der Waals surface area contributed by atoms with Crippen LogP contribution in [-0.2, 0) is 6.42 Å². The van der Waals surface area contributed by atoms with Gasteiger partial charge in [-0.1, -0.05) is 0 Å². The summed E-state index contributed by atoms with van der Waals surface area (Å²) in [4.78, 5) is 6.69. The fourth-order valence-electron chi connectivity index (χ4n) is 2.41. The molecule has 1 aromatic rings. The molecule has 3 rings (SSSR count). The quantitative estimate of drug-likeness (QED) is 0.840. The summed E-state index contributed by atoms with van der Waals surface area (Å²) < 4.78 is 0. The molecule has 0 aromatic carbocycles. The van der Waals surface area contributed by atoms with Crippen molar-refractivity contribution in [2.45, 2.75) is 37.3 Å². The van der Waals surface area contributed by atoms with E-state index in [4.69, 9.17) is 0 Å². The highest BCUT2D eigenvalue weighted by molar-refractivity contribution is 7.09. The molecule has 0 bridgehead atoms. The molecular formula is C11H16N2OS. The largest absolute Gasteiger partial charge is 0.388 e. The Morgan fingerprint density at radius 2 is 2.47 bits per heavy atom. The molecule has 2 aliphatic rings. The molecule has 2 heterocycles. The number of hydrogen-bond donors (Lipinski definition) is 1. The van der Waals surface area contributed by atoms with Gasteiger partial charge in [0.1, 0.15) is 0 Å². The standard InChI is InChI=1S/C11H16N2OS/c14-11(7-10-12-4-6-15-10)3-5-13(8-11)9-1-2-9/h4,6,9,14H,1-3,5,7-8H2. The third-order valence-electron chi connectivity index (χ3n) is 3.39. The molecule has 15 heavy (non-hydrogen) atoms. The van der Waals surface area contributed by atoms with E-state index in [1.807, 2.05) is 11.6 Å². The van der Waals surface area contributed by atoms with E-state index < -0.39 is 5.60 Å². The summed E-state index contributed by atoms with van der Waals surface area (Å²) in [6.07, 6.45) is 6.11. The lowest BCUT2D eigenvalue weighted by molar-refractivity contribution is 0.0487. The van der Waals surface area contributed by atoms with E-state index in [0.717, 1.165) is 37.0 Å². The van der Waals surface area contributed by atoms with Crippen molar-refractivity contribution in [2.24, 2.45) is 0 Å². The van der Waals surface area contributed by atoms with Crippen LogP contribution in [0, 0.1) is 0 Å². The third-order valence-corrected chi connectivity index (χ3v) is 4.17. The fraction of sp³-hybridized carbons (Fsp3) is 0.727. The average molecular weight is 224 g/mol. The van der Waals surface area contributed by atoms with Crippen LogP contribution in [0.15, 0.2) is 11.6 Å². The van der Waals surface area contributed by atoms with Gasteiger partial charge in [-0.25, -0.2) is 4.98 Å². The minimum Gasteiger partial charge on any atom is -0.388 e. The van der Waals surface area contributed by atoms with Gasteiger partial charge in [0.05, 0.1) is 10.6 Å². The number of aromatic nitrogens is 1. The zero-order valence-electron chi connectivity index (χ0n) is 8.72. The number of thiazole rings is 1. The Morgan fingerprint density at radius 3 is 3.13 bits per heavy atom. The Kier molecular flexibility index (Phi) is 2.30. The minimum atomic E-state index is -0.513. The van der Waals surface area contributed by atoms with Gasteiger partial charge in [0.25, 0.3) is 0 Å². The molecule has 1 atom stereocenters. The van der Waals surface area contributed by atoms with Crippen molar-refractivity contribution < 1.29 is 5.11 Å². The summed E-state index contributed by atoms with van der Waals surface area (Å²) in [7, 11) is 0. The van der Waals surface area contributed by atoms with Gasteiger partial charge in [-0.05, 0) is 19.3 Å². The van der Waals surface area contributed by atoms with E-state index in [-0.39, 0.29) is 0 Å². The van der Waals surface area contributed by atoms with Gasteiger partial charge in [0.2, 0.25) is 0 Å². The second-order valence-electron chi connectivity index (χ2n) is 4.78. The lowest BCUT2D eigenvalue weighted by Gasteiger charge is -2.22. The third kappa shape index (κ3) is 2.07. The highest BCUT2D eigenvalue weighted by Crippen LogP contribution is 2.34. The van der Waals surface area contributed by atoms with E-state index >= 15 is 0 Å². The molecule has 1 saturated carbocycles. The first-order valence-corrected chi connectivity index (χ1v) is 6.48. The van der Waals surface area contributed by atoms with Crippen LogP contribution in [0.25, 0.3) is 0 Å². The van der Waals surface area contributed by atoms with Crippen molar-refractivity contribution in [3.63, 3.8) is 0 Å². The summed E-state index contributed by atoms with van der Waals surface area (Å²) in [5.74, 6) is 0. The van der Waals surface area contributed by atoms with E-state index in [1.165, 1.54) is 12.8 Å². The second kappa shape index (κ2) is 3.54.